The van der Waals surface area contributed by atoms with Crippen molar-refractivity contribution in [3.63, 3.8) is 0 Å². The van der Waals surface area contributed by atoms with Crippen molar-refractivity contribution >= 4 is 5.91 Å². The normalized spacial score (nSPS) is 17.7. The molecule has 138 valence electrons. The summed E-state index contributed by atoms with van der Waals surface area (Å²) in [6, 6.07) is 0.935. The van der Waals surface area contributed by atoms with Gasteiger partial charge in [-0.3, -0.25) is 4.79 Å². The first-order valence-corrected chi connectivity index (χ1v) is 9.18. The molecule has 0 aromatic rings. The van der Waals surface area contributed by atoms with Gasteiger partial charge in [0.05, 0.1) is 0 Å². The second kappa shape index (κ2) is 10.9. The van der Waals surface area contributed by atoms with Crippen LogP contribution in [0, 0.1) is 5.92 Å². The van der Waals surface area contributed by atoms with Gasteiger partial charge in [-0.25, -0.2) is 0 Å². The predicted molar refractivity (Wildman–Crippen MR) is 108 cm³/mol. The molecule has 0 bridgehead atoms. The fraction of sp³-hybridized carbons (Fsp3) is 0.500. The molecule has 0 aromatic carbocycles. The quantitative estimate of drug-likeness (QED) is 0.629. The number of hydrogen-bond donors (Lipinski definition) is 1. The van der Waals surface area contributed by atoms with E-state index in [1.807, 2.05) is 6.08 Å². The Kier molecular flexibility index (Phi) is 9.22. The molecule has 0 aromatic heterocycles. The lowest BCUT2D eigenvalue weighted by Crippen LogP contribution is -2.28. The highest BCUT2D eigenvalue weighted by Crippen LogP contribution is 2.34. The summed E-state index contributed by atoms with van der Waals surface area (Å²) in [7, 11) is 4.27. The molecular formula is C22H34N2O. The lowest BCUT2D eigenvalue weighted by molar-refractivity contribution is -0.121. The van der Waals surface area contributed by atoms with Gasteiger partial charge in [0.1, 0.15) is 0 Å². The van der Waals surface area contributed by atoms with Gasteiger partial charge in [-0.05, 0) is 62.4 Å². The Bertz CT molecular complexity index is 550. The van der Waals surface area contributed by atoms with E-state index < -0.39 is 0 Å². The molecule has 1 amide bonds. The summed E-state index contributed by atoms with van der Waals surface area (Å²) in [5.74, 6) is 0.376. The fourth-order valence-electron chi connectivity index (χ4n) is 2.73. The summed E-state index contributed by atoms with van der Waals surface area (Å²) in [6.07, 6.45) is 12.8. The van der Waals surface area contributed by atoms with Gasteiger partial charge in [-0.2, -0.15) is 0 Å². The minimum absolute atomic E-state index is 0.0734. The molecule has 2 aliphatic rings. The maximum absolute atomic E-state index is 11.9. The first-order chi connectivity index (χ1) is 11.9. The third kappa shape index (κ3) is 7.70. The Hall–Kier alpha value is -1.87. The minimum atomic E-state index is 0.0734. The maximum Gasteiger partial charge on any atom is 0.220 e. The number of hydrogen-bond acceptors (Lipinski definition) is 2. The highest BCUT2D eigenvalue weighted by atomic mass is 16.1. The van der Waals surface area contributed by atoms with Gasteiger partial charge in [0, 0.05) is 19.0 Å². The summed E-state index contributed by atoms with van der Waals surface area (Å²) in [5, 5.41) is 2.92. The van der Waals surface area contributed by atoms with Crippen molar-refractivity contribution in [1.29, 1.82) is 0 Å². The summed E-state index contributed by atoms with van der Waals surface area (Å²) in [5.41, 5.74) is 3.41. The van der Waals surface area contributed by atoms with E-state index in [-0.39, 0.29) is 5.91 Å². The van der Waals surface area contributed by atoms with Crippen LogP contribution in [0.2, 0.25) is 0 Å². The van der Waals surface area contributed by atoms with E-state index in [1.54, 1.807) is 12.2 Å². The molecule has 1 atom stereocenters. The Morgan fingerprint density at radius 3 is 2.40 bits per heavy atom. The van der Waals surface area contributed by atoms with E-state index in [0.717, 1.165) is 24.5 Å². The van der Waals surface area contributed by atoms with E-state index in [0.29, 0.717) is 18.9 Å². The highest BCUT2D eigenvalue weighted by molar-refractivity contribution is 5.77. The number of rotatable bonds is 9. The topological polar surface area (TPSA) is 32.3 Å². The van der Waals surface area contributed by atoms with Crippen LogP contribution in [0.15, 0.2) is 60.8 Å². The van der Waals surface area contributed by atoms with E-state index in [4.69, 9.17) is 0 Å². The van der Waals surface area contributed by atoms with Crippen LogP contribution in [-0.2, 0) is 4.79 Å². The summed E-state index contributed by atoms with van der Waals surface area (Å²) >= 11 is 0. The van der Waals surface area contributed by atoms with Gasteiger partial charge < -0.3 is 10.2 Å². The first kappa shape index (κ1) is 21.2. The van der Waals surface area contributed by atoms with Crippen molar-refractivity contribution in [2.45, 2.75) is 45.1 Å². The largest absolute Gasteiger partial charge is 0.352 e. The van der Waals surface area contributed by atoms with Gasteiger partial charge in [0.2, 0.25) is 5.91 Å². The Balaban J connectivity index is 0.000000435. The average Bonchev–Trinajstić information content (AvgIpc) is 3.42. The summed E-state index contributed by atoms with van der Waals surface area (Å²) in [4.78, 5) is 14.2. The molecule has 1 fully saturated rings. The van der Waals surface area contributed by atoms with Gasteiger partial charge >= 0.3 is 0 Å². The van der Waals surface area contributed by atoms with Crippen molar-refractivity contribution in [3.8, 4) is 0 Å². The molecule has 0 spiro atoms. The average molecular weight is 343 g/mol. The van der Waals surface area contributed by atoms with Crippen LogP contribution >= 0.6 is 0 Å². The van der Waals surface area contributed by atoms with Crippen LogP contribution in [0.3, 0.4) is 0 Å². The Morgan fingerprint density at radius 2 is 2.08 bits per heavy atom. The molecule has 1 N–H and O–H groups in total. The van der Waals surface area contributed by atoms with Crippen molar-refractivity contribution in [3.05, 3.63) is 60.8 Å². The van der Waals surface area contributed by atoms with Crippen molar-refractivity contribution in [1.82, 2.24) is 10.2 Å². The third-order valence-corrected chi connectivity index (χ3v) is 4.70. The van der Waals surface area contributed by atoms with Gasteiger partial charge in [0.15, 0.2) is 0 Å². The second-order valence-electron chi connectivity index (χ2n) is 6.93. The van der Waals surface area contributed by atoms with Gasteiger partial charge in [-0.15, -0.1) is 0 Å². The summed E-state index contributed by atoms with van der Waals surface area (Å²) in [6.45, 7) is 13.9. The van der Waals surface area contributed by atoms with Crippen molar-refractivity contribution < 1.29 is 4.79 Å². The molecule has 25 heavy (non-hydrogen) atoms. The van der Waals surface area contributed by atoms with Crippen LogP contribution in [0.4, 0.5) is 0 Å². The third-order valence-electron chi connectivity index (χ3n) is 4.70. The van der Waals surface area contributed by atoms with Gasteiger partial charge in [-0.1, -0.05) is 51.0 Å². The fourth-order valence-corrected chi connectivity index (χ4v) is 2.73. The zero-order valence-corrected chi connectivity index (χ0v) is 16.2. The number of carbonyl (C=O) groups is 1. The molecule has 3 heteroatoms. The number of nitrogens with zero attached hydrogens (tertiary/aromatic N) is 1. The Labute approximate surface area is 153 Å². The van der Waals surface area contributed by atoms with Crippen LogP contribution in [0.5, 0.6) is 0 Å². The van der Waals surface area contributed by atoms with Crippen LogP contribution in [0.25, 0.3) is 0 Å². The number of carbonyl (C=O) groups excluding carboxylic acids is 1. The molecular weight excluding hydrogens is 308 g/mol. The van der Waals surface area contributed by atoms with E-state index in [1.165, 1.54) is 24.0 Å². The molecule has 0 heterocycles. The van der Waals surface area contributed by atoms with E-state index in [9.17, 15) is 4.79 Å². The number of amides is 1. The molecule has 0 saturated heterocycles. The van der Waals surface area contributed by atoms with Crippen LogP contribution in [0.1, 0.15) is 39.0 Å². The zero-order valence-electron chi connectivity index (χ0n) is 16.2. The van der Waals surface area contributed by atoms with Crippen molar-refractivity contribution in [2.75, 3.05) is 20.6 Å². The smallest absolute Gasteiger partial charge is 0.220 e. The van der Waals surface area contributed by atoms with Crippen molar-refractivity contribution in [2.24, 2.45) is 5.92 Å². The number of allylic oxidation sites excluding steroid dienone is 5. The molecule has 1 saturated carbocycles. The first-order valence-electron chi connectivity index (χ1n) is 9.18. The van der Waals surface area contributed by atoms with E-state index >= 15 is 0 Å². The maximum atomic E-state index is 11.9. The van der Waals surface area contributed by atoms with Crippen LogP contribution < -0.4 is 5.32 Å². The summed E-state index contributed by atoms with van der Waals surface area (Å²) < 4.78 is 0. The predicted octanol–water partition coefficient (Wildman–Crippen LogP) is 4.41. The van der Waals surface area contributed by atoms with E-state index in [2.05, 4.69) is 57.0 Å². The lowest BCUT2D eigenvalue weighted by Gasteiger charge is -2.26. The molecule has 0 radical (unpaired) electrons. The second-order valence-corrected chi connectivity index (χ2v) is 6.93. The minimum Gasteiger partial charge on any atom is -0.352 e. The van der Waals surface area contributed by atoms with Gasteiger partial charge in [0.25, 0.3) is 0 Å². The lowest BCUT2D eigenvalue weighted by atomic mass is 9.80. The molecule has 2 rings (SSSR count). The Morgan fingerprint density at radius 1 is 1.40 bits per heavy atom. The molecule has 3 nitrogen and oxygen atoms in total. The highest BCUT2D eigenvalue weighted by Gasteiger charge is 2.23. The number of nitrogens with one attached hydrogen (secondary N) is 1. The molecule has 0 aliphatic heterocycles. The molecule has 2 aliphatic carbocycles. The van der Waals surface area contributed by atoms with Crippen LogP contribution in [-0.4, -0.2) is 37.5 Å². The molecule has 1 unspecified atom stereocenters. The standard InChI is InChI=1S/C17H23NO.C5H11N/c1-5-8-14(6-2)12-18-17(19)11-15(7-3)16-10-9-13(16)4;1-6(2)5-3-4-5/h5-6,8,10,15H,1-2,4,7,9,11-12H2,3H3,(H,18,19);5H,3-4H2,1-2H3/b14-8+;. The zero-order chi connectivity index (χ0) is 18.8. The monoisotopic (exact) mass is 342 g/mol. The SMILES string of the molecule is C=C/C=C(\C=C)CNC(=O)CC(CC)C1=CCC1=C.CN(C)C1CC1.